The lowest BCUT2D eigenvalue weighted by Gasteiger charge is -2.11. The number of carbonyl (C=O) groups excluding carboxylic acids is 2. The summed E-state index contributed by atoms with van der Waals surface area (Å²) < 4.78 is 21.5. The molecule has 7 nitrogen and oxygen atoms in total. The average molecular weight is 450 g/mol. The van der Waals surface area contributed by atoms with E-state index in [1.54, 1.807) is 48.7 Å². The summed E-state index contributed by atoms with van der Waals surface area (Å²) in [4.78, 5) is 38.6. The van der Waals surface area contributed by atoms with Crippen LogP contribution < -0.4 is 14.9 Å². The minimum atomic E-state index is -0.765. The van der Waals surface area contributed by atoms with E-state index in [4.69, 9.17) is 18.6 Å². The Labute approximate surface area is 186 Å². The number of methoxy groups -OCH3 is 1. The lowest BCUT2D eigenvalue weighted by atomic mass is 10.0. The third kappa shape index (κ3) is 4.13. The smallest absolute Gasteiger partial charge is 0.375 e. The number of esters is 2. The van der Waals surface area contributed by atoms with Crippen LogP contribution in [0.4, 0.5) is 0 Å². The van der Waals surface area contributed by atoms with E-state index in [1.165, 1.54) is 36.6 Å². The SMILES string of the molecule is CCOC(=O)c1oc2cc(OC(=O)c3cccs3)ccc2c(=O)c1-c1ccc(OC)cc1. The van der Waals surface area contributed by atoms with Crippen molar-refractivity contribution in [1.82, 2.24) is 0 Å². The Hall–Kier alpha value is -3.91. The van der Waals surface area contributed by atoms with Crippen LogP contribution in [0.25, 0.3) is 22.1 Å². The lowest BCUT2D eigenvalue weighted by molar-refractivity contribution is 0.0491. The monoisotopic (exact) mass is 450 g/mol. The summed E-state index contributed by atoms with van der Waals surface area (Å²) in [7, 11) is 1.53. The van der Waals surface area contributed by atoms with Gasteiger partial charge in [-0.2, -0.15) is 0 Å². The van der Waals surface area contributed by atoms with E-state index in [2.05, 4.69) is 0 Å². The summed E-state index contributed by atoms with van der Waals surface area (Å²) in [6, 6.07) is 14.5. The maximum absolute atomic E-state index is 13.3. The Morgan fingerprint density at radius 2 is 1.75 bits per heavy atom. The second kappa shape index (κ2) is 9.07. The second-order valence-corrected chi connectivity index (χ2v) is 7.56. The predicted molar refractivity (Wildman–Crippen MR) is 120 cm³/mol. The molecular formula is C24H18O7S. The predicted octanol–water partition coefficient (Wildman–Crippen LogP) is 4.93. The van der Waals surface area contributed by atoms with Crippen LogP contribution in [0.5, 0.6) is 11.5 Å². The number of ether oxygens (including phenoxy) is 3. The van der Waals surface area contributed by atoms with Gasteiger partial charge in [0, 0.05) is 6.07 Å². The molecule has 0 spiro atoms. The zero-order valence-electron chi connectivity index (χ0n) is 17.2. The van der Waals surface area contributed by atoms with Crippen LogP contribution in [0, 0.1) is 0 Å². The van der Waals surface area contributed by atoms with Gasteiger partial charge >= 0.3 is 11.9 Å². The lowest BCUT2D eigenvalue weighted by Crippen LogP contribution is -2.15. The molecule has 2 aromatic carbocycles. The van der Waals surface area contributed by atoms with E-state index in [0.717, 1.165) is 0 Å². The average Bonchev–Trinajstić information content (AvgIpc) is 3.34. The fraction of sp³-hybridized carbons (Fsp3) is 0.125. The van der Waals surface area contributed by atoms with Crippen molar-refractivity contribution in [2.45, 2.75) is 6.92 Å². The fourth-order valence-electron chi connectivity index (χ4n) is 3.15. The van der Waals surface area contributed by atoms with Gasteiger partial charge in [0.2, 0.25) is 11.2 Å². The largest absolute Gasteiger partial charge is 0.497 e. The Balaban J connectivity index is 1.83. The molecule has 0 aliphatic carbocycles. The highest BCUT2D eigenvalue weighted by molar-refractivity contribution is 7.12. The highest BCUT2D eigenvalue weighted by atomic mass is 32.1. The van der Waals surface area contributed by atoms with E-state index in [1.807, 2.05) is 0 Å². The number of thiophene rings is 1. The first kappa shape index (κ1) is 21.3. The van der Waals surface area contributed by atoms with Crippen molar-refractivity contribution in [2.24, 2.45) is 0 Å². The quantitative estimate of drug-likeness (QED) is 0.304. The molecule has 8 heteroatoms. The van der Waals surface area contributed by atoms with Crippen molar-refractivity contribution >= 4 is 34.2 Å². The van der Waals surface area contributed by atoms with Crippen molar-refractivity contribution in [3.63, 3.8) is 0 Å². The third-order valence-corrected chi connectivity index (χ3v) is 5.49. The van der Waals surface area contributed by atoms with E-state index < -0.39 is 17.4 Å². The van der Waals surface area contributed by atoms with Crippen molar-refractivity contribution in [2.75, 3.05) is 13.7 Å². The van der Waals surface area contributed by atoms with Gasteiger partial charge < -0.3 is 18.6 Å². The Bertz CT molecular complexity index is 1340. The minimum Gasteiger partial charge on any atom is -0.497 e. The molecule has 0 atom stereocenters. The maximum Gasteiger partial charge on any atom is 0.375 e. The molecule has 0 bridgehead atoms. The molecule has 2 heterocycles. The number of hydrogen-bond acceptors (Lipinski definition) is 8. The molecule has 32 heavy (non-hydrogen) atoms. The number of carbonyl (C=O) groups is 2. The number of rotatable bonds is 6. The highest BCUT2D eigenvalue weighted by Crippen LogP contribution is 2.29. The van der Waals surface area contributed by atoms with Gasteiger partial charge in [-0.15, -0.1) is 11.3 Å². The number of benzene rings is 2. The van der Waals surface area contributed by atoms with Gasteiger partial charge in [-0.05, 0) is 48.2 Å². The maximum atomic E-state index is 13.3. The molecule has 2 aromatic heterocycles. The van der Waals surface area contributed by atoms with Crippen LogP contribution in [0.15, 0.2) is 69.2 Å². The molecule has 162 valence electrons. The van der Waals surface area contributed by atoms with E-state index >= 15 is 0 Å². The van der Waals surface area contributed by atoms with Crippen molar-refractivity contribution in [1.29, 1.82) is 0 Å². The molecule has 0 fully saturated rings. The standard InChI is InChI=1S/C24H18O7S/c1-3-29-24(27)22-20(14-6-8-15(28-2)9-7-14)21(25)17-11-10-16(13-18(17)31-22)30-23(26)19-5-4-12-32-19/h4-13H,3H2,1-2H3. The molecule has 4 rings (SSSR count). The van der Waals surface area contributed by atoms with Gasteiger partial charge in [0.1, 0.15) is 22.0 Å². The Kier molecular flexibility index (Phi) is 6.04. The molecule has 0 amide bonds. The molecule has 0 N–H and O–H groups in total. The van der Waals surface area contributed by atoms with Crippen LogP contribution >= 0.6 is 11.3 Å². The minimum absolute atomic E-state index is 0.0851. The van der Waals surface area contributed by atoms with Gasteiger partial charge in [0.05, 0.1) is 24.7 Å². The first-order chi connectivity index (χ1) is 15.5. The van der Waals surface area contributed by atoms with Crippen LogP contribution in [0.2, 0.25) is 0 Å². The molecule has 0 radical (unpaired) electrons. The Morgan fingerprint density at radius 1 is 1.00 bits per heavy atom. The van der Waals surface area contributed by atoms with Gasteiger partial charge in [-0.25, -0.2) is 9.59 Å². The van der Waals surface area contributed by atoms with Crippen LogP contribution in [-0.4, -0.2) is 25.7 Å². The first-order valence-corrected chi connectivity index (χ1v) is 10.6. The zero-order chi connectivity index (χ0) is 22.7. The van der Waals surface area contributed by atoms with Crippen molar-refractivity contribution < 1.29 is 28.2 Å². The third-order valence-electron chi connectivity index (χ3n) is 4.64. The second-order valence-electron chi connectivity index (χ2n) is 6.61. The summed E-state index contributed by atoms with van der Waals surface area (Å²) in [5.41, 5.74) is 0.266. The highest BCUT2D eigenvalue weighted by Gasteiger charge is 2.23. The van der Waals surface area contributed by atoms with Gasteiger partial charge in [-0.3, -0.25) is 4.79 Å². The van der Waals surface area contributed by atoms with Gasteiger partial charge in [0.15, 0.2) is 0 Å². The molecular weight excluding hydrogens is 432 g/mol. The number of fused-ring (bicyclic) bond motifs is 1. The topological polar surface area (TPSA) is 92.0 Å². The Morgan fingerprint density at radius 3 is 2.41 bits per heavy atom. The molecule has 0 aliphatic heterocycles. The molecule has 0 saturated carbocycles. The van der Waals surface area contributed by atoms with Crippen LogP contribution in [0.3, 0.4) is 0 Å². The van der Waals surface area contributed by atoms with Crippen LogP contribution in [0.1, 0.15) is 27.2 Å². The van der Waals surface area contributed by atoms with Gasteiger partial charge in [0.25, 0.3) is 0 Å². The van der Waals surface area contributed by atoms with E-state index in [9.17, 15) is 14.4 Å². The summed E-state index contributed by atoms with van der Waals surface area (Å²) in [6.07, 6.45) is 0. The zero-order valence-corrected chi connectivity index (χ0v) is 18.1. The summed E-state index contributed by atoms with van der Waals surface area (Å²) in [5, 5.41) is 2.00. The summed E-state index contributed by atoms with van der Waals surface area (Å²) in [5.74, 6) is -0.725. The van der Waals surface area contributed by atoms with Crippen molar-refractivity contribution in [3.8, 4) is 22.6 Å². The van der Waals surface area contributed by atoms with Crippen LogP contribution in [-0.2, 0) is 4.74 Å². The number of hydrogen-bond donors (Lipinski definition) is 0. The molecule has 0 saturated heterocycles. The molecule has 0 aliphatic rings. The summed E-state index contributed by atoms with van der Waals surface area (Å²) in [6.45, 7) is 1.77. The first-order valence-electron chi connectivity index (χ1n) is 9.70. The fourth-order valence-corrected chi connectivity index (χ4v) is 3.75. The molecule has 0 unspecified atom stereocenters. The van der Waals surface area contributed by atoms with Gasteiger partial charge in [-0.1, -0.05) is 18.2 Å². The van der Waals surface area contributed by atoms with E-state index in [0.29, 0.717) is 16.2 Å². The van der Waals surface area contributed by atoms with E-state index in [-0.39, 0.29) is 34.6 Å². The summed E-state index contributed by atoms with van der Waals surface area (Å²) >= 11 is 1.25. The van der Waals surface area contributed by atoms with Crippen molar-refractivity contribution in [3.05, 3.63) is 80.8 Å². The normalized spacial score (nSPS) is 10.7. The molecule has 4 aromatic rings.